The van der Waals surface area contributed by atoms with Crippen molar-refractivity contribution in [1.82, 2.24) is 4.98 Å². The number of aliphatic hydroxyl groups is 1. The second-order valence-electron chi connectivity index (χ2n) is 3.54. The first-order chi connectivity index (χ1) is 8.69. The lowest BCUT2D eigenvalue weighted by Gasteiger charge is -2.21. The Kier molecular flexibility index (Phi) is 6.03. The number of rotatable bonds is 8. The number of hydrogen-bond acceptors (Lipinski definition) is 6. The summed E-state index contributed by atoms with van der Waals surface area (Å²) in [4.78, 5) is 16.2. The molecule has 0 aliphatic carbocycles. The first kappa shape index (κ1) is 14.3. The fourth-order valence-corrected chi connectivity index (χ4v) is 1.47. The number of pyridine rings is 1. The van der Waals surface area contributed by atoms with Gasteiger partial charge in [-0.3, -0.25) is 10.1 Å². The maximum absolute atomic E-state index is 10.7. The molecule has 0 unspecified atom stereocenters. The molecule has 0 aliphatic heterocycles. The molecule has 1 rings (SSSR count). The Labute approximate surface area is 105 Å². The van der Waals surface area contributed by atoms with Crippen LogP contribution >= 0.6 is 0 Å². The van der Waals surface area contributed by atoms with Crippen molar-refractivity contribution in [1.29, 1.82) is 0 Å². The molecule has 0 saturated heterocycles. The lowest BCUT2D eigenvalue weighted by molar-refractivity contribution is -0.384. The van der Waals surface area contributed by atoms with Gasteiger partial charge in [0.25, 0.3) is 5.69 Å². The fourth-order valence-electron chi connectivity index (χ4n) is 1.47. The molecule has 100 valence electrons. The zero-order valence-electron chi connectivity index (χ0n) is 10.3. The van der Waals surface area contributed by atoms with Crippen LogP contribution in [0.3, 0.4) is 0 Å². The highest BCUT2D eigenvalue weighted by Crippen LogP contribution is 2.17. The van der Waals surface area contributed by atoms with Crippen LogP contribution in [0, 0.1) is 10.1 Å². The molecule has 1 N–H and O–H groups in total. The summed E-state index contributed by atoms with van der Waals surface area (Å²) in [6.07, 6.45) is 1.42. The van der Waals surface area contributed by atoms with Gasteiger partial charge in [0.05, 0.1) is 30.8 Å². The molecule has 7 heteroatoms. The molecule has 0 radical (unpaired) electrons. The fraction of sp³-hybridized carbons (Fsp3) is 0.545. The van der Waals surface area contributed by atoms with Crippen molar-refractivity contribution in [2.45, 2.75) is 6.92 Å². The number of likely N-dealkylation sites (N-methyl/N-ethyl adjacent to an activating group) is 1. The summed E-state index contributed by atoms with van der Waals surface area (Å²) < 4.78 is 5.16. The third-order valence-corrected chi connectivity index (χ3v) is 2.39. The number of nitrogens with zero attached hydrogens (tertiary/aromatic N) is 3. The molecule has 1 aromatic heterocycles. The third-order valence-electron chi connectivity index (χ3n) is 2.39. The van der Waals surface area contributed by atoms with E-state index in [1.54, 1.807) is 0 Å². The second-order valence-corrected chi connectivity index (χ2v) is 3.54. The number of anilines is 1. The van der Waals surface area contributed by atoms with E-state index in [9.17, 15) is 10.1 Å². The van der Waals surface area contributed by atoms with Crippen molar-refractivity contribution < 1.29 is 14.8 Å². The quantitative estimate of drug-likeness (QED) is 0.420. The summed E-state index contributed by atoms with van der Waals surface area (Å²) in [6, 6.07) is 2.80. The summed E-state index contributed by atoms with van der Waals surface area (Å²) in [7, 11) is 0. The highest BCUT2D eigenvalue weighted by molar-refractivity contribution is 5.46. The van der Waals surface area contributed by atoms with Gasteiger partial charge in [0, 0.05) is 25.4 Å². The van der Waals surface area contributed by atoms with Gasteiger partial charge < -0.3 is 14.7 Å². The minimum absolute atomic E-state index is 0.0127. The number of hydrogen-bond donors (Lipinski definition) is 1. The van der Waals surface area contributed by atoms with E-state index in [-0.39, 0.29) is 12.3 Å². The van der Waals surface area contributed by atoms with Crippen LogP contribution in [0.4, 0.5) is 11.5 Å². The molecular formula is C11H17N3O4. The molecule has 0 spiro atoms. The van der Waals surface area contributed by atoms with E-state index in [1.807, 2.05) is 11.8 Å². The Morgan fingerprint density at radius 1 is 1.56 bits per heavy atom. The Balaban J connectivity index is 2.63. The van der Waals surface area contributed by atoms with Crippen LogP contribution in [0.5, 0.6) is 0 Å². The molecule has 0 amide bonds. The lowest BCUT2D eigenvalue weighted by Crippen LogP contribution is -2.28. The van der Waals surface area contributed by atoms with Gasteiger partial charge in [-0.2, -0.15) is 0 Å². The maximum Gasteiger partial charge on any atom is 0.274 e. The molecule has 1 heterocycles. The molecule has 0 fully saturated rings. The molecule has 0 aromatic carbocycles. The van der Waals surface area contributed by atoms with Gasteiger partial charge >= 0.3 is 0 Å². The average molecular weight is 255 g/mol. The maximum atomic E-state index is 10.7. The minimum atomic E-state index is -0.443. The van der Waals surface area contributed by atoms with E-state index >= 15 is 0 Å². The van der Waals surface area contributed by atoms with Gasteiger partial charge in [0.15, 0.2) is 0 Å². The van der Waals surface area contributed by atoms with Gasteiger partial charge in [0.1, 0.15) is 5.82 Å². The number of nitro groups is 1. The van der Waals surface area contributed by atoms with E-state index in [2.05, 4.69) is 4.98 Å². The molecule has 7 nitrogen and oxygen atoms in total. The van der Waals surface area contributed by atoms with Crippen LogP contribution in [0.15, 0.2) is 18.3 Å². The number of aliphatic hydroxyl groups excluding tert-OH is 1. The predicted molar refractivity (Wildman–Crippen MR) is 66.7 cm³/mol. The Hall–Kier alpha value is -1.73. The SMILES string of the molecule is CCN(CCOCCO)c1cc([N+](=O)[O-])ccn1. The summed E-state index contributed by atoms with van der Waals surface area (Å²) in [6.45, 7) is 3.91. The summed E-state index contributed by atoms with van der Waals surface area (Å²) in [5.41, 5.74) is 0.0229. The van der Waals surface area contributed by atoms with Crippen molar-refractivity contribution in [3.63, 3.8) is 0 Å². The van der Waals surface area contributed by atoms with Gasteiger partial charge in [0.2, 0.25) is 0 Å². The molecular weight excluding hydrogens is 238 g/mol. The topological polar surface area (TPSA) is 88.7 Å². The monoisotopic (exact) mass is 255 g/mol. The van der Waals surface area contributed by atoms with Gasteiger partial charge in [-0.1, -0.05) is 0 Å². The largest absolute Gasteiger partial charge is 0.394 e. The van der Waals surface area contributed by atoms with Crippen LogP contribution < -0.4 is 4.90 Å². The Bertz CT molecular complexity index is 386. The standard InChI is InChI=1S/C11H17N3O4/c1-2-13(5-7-18-8-6-15)11-9-10(14(16)17)3-4-12-11/h3-4,9,15H,2,5-8H2,1H3. The van der Waals surface area contributed by atoms with Crippen LogP contribution in [0.2, 0.25) is 0 Å². The highest BCUT2D eigenvalue weighted by atomic mass is 16.6. The van der Waals surface area contributed by atoms with Crippen molar-refractivity contribution in [2.24, 2.45) is 0 Å². The van der Waals surface area contributed by atoms with Crippen molar-refractivity contribution >= 4 is 11.5 Å². The smallest absolute Gasteiger partial charge is 0.274 e. The molecule has 18 heavy (non-hydrogen) atoms. The first-order valence-electron chi connectivity index (χ1n) is 5.73. The zero-order chi connectivity index (χ0) is 13.4. The zero-order valence-corrected chi connectivity index (χ0v) is 10.3. The van der Waals surface area contributed by atoms with E-state index in [4.69, 9.17) is 9.84 Å². The lowest BCUT2D eigenvalue weighted by atomic mass is 10.3. The highest BCUT2D eigenvalue weighted by Gasteiger charge is 2.11. The van der Waals surface area contributed by atoms with E-state index in [0.29, 0.717) is 32.1 Å². The Morgan fingerprint density at radius 2 is 2.33 bits per heavy atom. The van der Waals surface area contributed by atoms with Crippen molar-refractivity contribution in [3.8, 4) is 0 Å². The summed E-state index contributed by atoms with van der Waals surface area (Å²) >= 11 is 0. The molecule has 0 bridgehead atoms. The number of ether oxygens (including phenoxy) is 1. The third kappa shape index (κ3) is 4.27. The normalized spacial score (nSPS) is 10.3. The first-order valence-corrected chi connectivity index (χ1v) is 5.73. The van der Waals surface area contributed by atoms with Crippen LogP contribution in [-0.4, -0.2) is 47.9 Å². The molecule has 1 aromatic rings. The average Bonchev–Trinajstić information content (AvgIpc) is 2.39. The van der Waals surface area contributed by atoms with Crippen molar-refractivity contribution in [2.75, 3.05) is 37.8 Å². The minimum Gasteiger partial charge on any atom is -0.394 e. The molecule has 0 atom stereocenters. The van der Waals surface area contributed by atoms with E-state index in [1.165, 1.54) is 18.3 Å². The summed E-state index contributed by atoms with van der Waals surface area (Å²) in [5.74, 6) is 0.555. The summed E-state index contributed by atoms with van der Waals surface area (Å²) in [5, 5.41) is 19.2. The predicted octanol–water partition coefficient (Wildman–Crippen LogP) is 0.825. The van der Waals surface area contributed by atoms with E-state index in [0.717, 1.165) is 0 Å². The van der Waals surface area contributed by atoms with Gasteiger partial charge in [-0.25, -0.2) is 4.98 Å². The molecule has 0 saturated carbocycles. The van der Waals surface area contributed by atoms with Crippen LogP contribution in [-0.2, 0) is 4.74 Å². The second kappa shape index (κ2) is 7.57. The van der Waals surface area contributed by atoms with E-state index < -0.39 is 4.92 Å². The van der Waals surface area contributed by atoms with Crippen molar-refractivity contribution in [3.05, 3.63) is 28.4 Å². The van der Waals surface area contributed by atoms with Crippen LogP contribution in [0.1, 0.15) is 6.92 Å². The van der Waals surface area contributed by atoms with Crippen LogP contribution in [0.25, 0.3) is 0 Å². The van der Waals surface area contributed by atoms with Gasteiger partial charge in [-0.05, 0) is 6.92 Å². The van der Waals surface area contributed by atoms with Gasteiger partial charge in [-0.15, -0.1) is 0 Å². The molecule has 0 aliphatic rings. The Morgan fingerprint density at radius 3 is 2.94 bits per heavy atom. The number of aromatic nitrogens is 1.